The first-order valence-electron chi connectivity index (χ1n) is 6.40. The molecule has 112 valence electrons. The second-order valence-electron chi connectivity index (χ2n) is 5.67. The van der Waals surface area contributed by atoms with E-state index in [0.29, 0.717) is 17.7 Å². The number of carbonyl (C=O) groups is 1. The molecule has 0 bridgehead atoms. The van der Waals surface area contributed by atoms with Crippen LogP contribution in [0.5, 0.6) is 0 Å². The van der Waals surface area contributed by atoms with Gasteiger partial charge in [-0.15, -0.1) is 0 Å². The summed E-state index contributed by atoms with van der Waals surface area (Å²) < 4.78 is 22.7. The molecule has 1 amide bonds. The van der Waals surface area contributed by atoms with Crippen molar-refractivity contribution in [2.24, 2.45) is 5.41 Å². The molecule has 1 aromatic carbocycles. The molecule has 0 aliphatic carbocycles. The van der Waals surface area contributed by atoms with Crippen molar-refractivity contribution in [3.8, 4) is 0 Å². The van der Waals surface area contributed by atoms with Gasteiger partial charge in [0.2, 0.25) is 0 Å². The van der Waals surface area contributed by atoms with Crippen LogP contribution in [0.1, 0.15) is 43.1 Å². The topological polar surface area (TPSA) is 63.2 Å². The predicted octanol–water partition coefficient (Wildman–Crippen LogP) is 3.09. The van der Waals surface area contributed by atoms with Crippen LogP contribution in [0.25, 0.3) is 0 Å². The van der Waals surface area contributed by atoms with Crippen molar-refractivity contribution in [2.75, 3.05) is 6.54 Å². The molecule has 1 rings (SSSR count). The van der Waals surface area contributed by atoms with E-state index in [4.69, 9.17) is 10.7 Å². The van der Waals surface area contributed by atoms with E-state index in [2.05, 4.69) is 26.1 Å². The van der Waals surface area contributed by atoms with Crippen molar-refractivity contribution in [1.29, 1.82) is 0 Å². The van der Waals surface area contributed by atoms with Crippen LogP contribution in [0.15, 0.2) is 23.1 Å². The van der Waals surface area contributed by atoms with Gasteiger partial charge in [0.05, 0.1) is 4.90 Å². The van der Waals surface area contributed by atoms with Crippen molar-refractivity contribution in [2.45, 2.75) is 39.0 Å². The highest BCUT2D eigenvalue weighted by atomic mass is 35.7. The predicted molar refractivity (Wildman–Crippen MR) is 80.6 cm³/mol. The Morgan fingerprint density at radius 3 is 2.40 bits per heavy atom. The molecule has 0 heterocycles. The van der Waals surface area contributed by atoms with E-state index in [1.807, 2.05) is 0 Å². The number of hydrogen-bond acceptors (Lipinski definition) is 3. The fourth-order valence-corrected chi connectivity index (χ4v) is 2.43. The van der Waals surface area contributed by atoms with E-state index >= 15 is 0 Å². The lowest BCUT2D eigenvalue weighted by Gasteiger charge is -2.22. The minimum absolute atomic E-state index is 0.000869. The third-order valence-corrected chi connectivity index (χ3v) is 4.61. The van der Waals surface area contributed by atoms with Gasteiger partial charge in [0.15, 0.2) is 0 Å². The van der Waals surface area contributed by atoms with Crippen LogP contribution in [-0.4, -0.2) is 20.9 Å². The average molecular weight is 318 g/mol. The van der Waals surface area contributed by atoms with Gasteiger partial charge >= 0.3 is 0 Å². The van der Waals surface area contributed by atoms with Gasteiger partial charge in [0.1, 0.15) is 0 Å². The SMILES string of the molecule is CCC(C)(C)CNC(=O)c1cc(C)cc(S(=O)(=O)Cl)c1. The van der Waals surface area contributed by atoms with Gasteiger partial charge in [-0.05, 0) is 42.5 Å². The van der Waals surface area contributed by atoms with Gasteiger partial charge in [-0.1, -0.05) is 20.8 Å². The van der Waals surface area contributed by atoms with Gasteiger partial charge in [0.25, 0.3) is 15.0 Å². The zero-order valence-corrected chi connectivity index (χ0v) is 13.7. The lowest BCUT2D eigenvalue weighted by atomic mass is 9.90. The Morgan fingerprint density at radius 1 is 1.30 bits per heavy atom. The number of nitrogens with one attached hydrogen (secondary N) is 1. The lowest BCUT2D eigenvalue weighted by molar-refractivity contribution is 0.0935. The molecule has 0 saturated heterocycles. The Morgan fingerprint density at radius 2 is 1.90 bits per heavy atom. The summed E-state index contributed by atoms with van der Waals surface area (Å²) in [5, 5.41) is 2.82. The third-order valence-electron chi connectivity index (χ3n) is 3.28. The van der Waals surface area contributed by atoms with Crippen molar-refractivity contribution in [3.05, 3.63) is 29.3 Å². The van der Waals surface area contributed by atoms with Crippen LogP contribution in [-0.2, 0) is 9.05 Å². The molecule has 0 aromatic heterocycles. The van der Waals surface area contributed by atoms with Gasteiger partial charge in [0, 0.05) is 22.8 Å². The van der Waals surface area contributed by atoms with Crippen LogP contribution in [0, 0.1) is 12.3 Å². The summed E-state index contributed by atoms with van der Waals surface area (Å²) in [6, 6.07) is 4.37. The summed E-state index contributed by atoms with van der Waals surface area (Å²) in [6.07, 6.45) is 0.933. The second kappa shape index (κ2) is 6.14. The van der Waals surface area contributed by atoms with Crippen molar-refractivity contribution < 1.29 is 13.2 Å². The van der Waals surface area contributed by atoms with E-state index in [0.717, 1.165) is 6.42 Å². The van der Waals surface area contributed by atoms with Gasteiger partial charge < -0.3 is 5.32 Å². The Hall–Kier alpha value is -1.07. The van der Waals surface area contributed by atoms with Gasteiger partial charge in [-0.3, -0.25) is 4.79 Å². The molecule has 6 heteroatoms. The molecule has 0 unspecified atom stereocenters. The van der Waals surface area contributed by atoms with Gasteiger partial charge in [-0.2, -0.15) is 0 Å². The molecule has 20 heavy (non-hydrogen) atoms. The maximum absolute atomic E-state index is 12.1. The maximum atomic E-state index is 12.1. The Balaban J connectivity index is 2.97. The van der Waals surface area contributed by atoms with E-state index in [9.17, 15) is 13.2 Å². The van der Waals surface area contributed by atoms with Crippen molar-refractivity contribution in [3.63, 3.8) is 0 Å². The van der Waals surface area contributed by atoms with Crippen LogP contribution in [0.4, 0.5) is 0 Å². The molecule has 0 aliphatic heterocycles. The van der Waals surface area contributed by atoms with E-state index in [-0.39, 0.29) is 16.2 Å². The van der Waals surface area contributed by atoms with E-state index < -0.39 is 9.05 Å². The molecule has 0 aliphatic rings. The van der Waals surface area contributed by atoms with E-state index in [1.54, 1.807) is 13.0 Å². The Kier molecular flexibility index (Phi) is 5.21. The summed E-state index contributed by atoms with van der Waals surface area (Å²) in [5.74, 6) is -0.295. The first-order chi connectivity index (χ1) is 9.05. The highest BCUT2D eigenvalue weighted by molar-refractivity contribution is 8.13. The molecule has 1 aromatic rings. The molecular weight excluding hydrogens is 298 g/mol. The molecule has 0 fully saturated rings. The summed E-state index contributed by atoms with van der Waals surface area (Å²) >= 11 is 0. The number of halogens is 1. The number of aryl methyl sites for hydroxylation is 1. The normalized spacial score (nSPS) is 12.2. The smallest absolute Gasteiger partial charge is 0.261 e. The highest BCUT2D eigenvalue weighted by Crippen LogP contribution is 2.20. The van der Waals surface area contributed by atoms with E-state index in [1.165, 1.54) is 12.1 Å². The molecular formula is C14H20ClNO3S. The minimum Gasteiger partial charge on any atom is -0.352 e. The zero-order valence-electron chi connectivity index (χ0n) is 12.2. The molecule has 0 saturated carbocycles. The summed E-state index contributed by atoms with van der Waals surface area (Å²) in [5.41, 5.74) is 0.976. The largest absolute Gasteiger partial charge is 0.352 e. The molecule has 0 spiro atoms. The molecule has 4 nitrogen and oxygen atoms in total. The fourth-order valence-electron chi connectivity index (χ4n) is 1.57. The number of carbonyl (C=O) groups excluding carboxylic acids is 1. The molecule has 0 atom stereocenters. The standard InChI is InChI=1S/C14H20ClNO3S/c1-5-14(3,4)9-16-13(17)11-6-10(2)7-12(8-11)20(15,18)19/h6-8H,5,9H2,1-4H3,(H,16,17). The second-order valence-corrected chi connectivity index (χ2v) is 8.24. The lowest BCUT2D eigenvalue weighted by Crippen LogP contribution is -2.33. The van der Waals surface area contributed by atoms with Crippen LogP contribution in [0.2, 0.25) is 0 Å². The fraction of sp³-hybridized carbons (Fsp3) is 0.500. The molecule has 0 radical (unpaired) electrons. The van der Waals surface area contributed by atoms with Crippen molar-refractivity contribution in [1.82, 2.24) is 5.32 Å². The minimum atomic E-state index is -3.84. The summed E-state index contributed by atoms with van der Waals surface area (Å²) in [7, 11) is 1.48. The third kappa shape index (κ3) is 4.80. The number of rotatable bonds is 5. The summed E-state index contributed by atoms with van der Waals surface area (Å²) in [6.45, 7) is 8.41. The van der Waals surface area contributed by atoms with Crippen molar-refractivity contribution >= 4 is 25.6 Å². The van der Waals surface area contributed by atoms with Crippen LogP contribution < -0.4 is 5.32 Å². The average Bonchev–Trinajstić information content (AvgIpc) is 2.34. The number of hydrogen-bond donors (Lipinski definition) is 1. The Labute approximate surface area is 124 Å². The first-order valence-corrected chi connectivity index (χ1v) is 8.71. The number of amides is 1. The monoisotopic (exact) mass is 317 g/mol. The molecule has 1 N–H and O–H groups in total. The number of benzene rings is 1. The van der Waals surface area contributed by atoms with Crippen LogP contribution in [0.3, 0.4) is 0 Å². The zero-order chi connectivity index (χ0) is 15.6. The van der Waals surface area contributed by atoms with Gasteiger partial charge in [-0.25, -0.2) is 8.42 Å². The van der Waals surface area contributed by atoms with Crippen LogP contribution >= 0.6 is 10.7 Å². The Bertz CT molecular complexity index is 609. The first kappa shape index (κ1) is 17.0. The highest BCUT2D eigenvalue weighted by Gasteiger charge is 2.18. The summed E-state index contributed by atoms with van der Waals surface area (Å²) in [4.78, 5) is 12.0. The maximum Gasteiger partial charge on any atom is 0.261 e. The quantitative estimate of drug-likeness (QED) is 0.849.